The second-order valence-electron chi connectivity index (χ2n) is 9.83. The van der Waals surface area contributed by atoms with Gasteiger partial charge < -0.3 is 25.2 Å². The predicted molar refractivity (Wildman–Crippen MR) is 125 cm³/mol. The molecule has 4 atom stereocenters. The Kier molecular flexibility index (Phi) is 6.30. The van der Waals surface area contributed by atoms with Crippen molar-refractivity contribution in [2.75, 3.05) is 21.2 Å². The molecule has 36 heavy (non-hydrogen) atoms. The van der Waals surface area contributed by atoms with Crippen LogP contribution in [0.4, 0.5) is 0 Å². The van der Waals surface area contributed by atoms with Crippen LogP contribution >= 0.6 is 0 Å². The van der Waals surface area contributed by atoms with E-state index in [1.54, 1.807) is 25.1 Å². The number of allylic oxidation sites excluding steroid dienone is 1. The van der Waals surface area contributed by atoms with E-state index in [-0.39, 0.29) is 42.6 Å². The van der Waals surface area contributed by atoms with Crippen molar-refractivity contribution < 1.29 is 44.3 Å². The molecule has 10 heteroatoms. The average Bonchev–Trinajstić information content (AvgIpc) is 2.80. The maximum absolute atomic E-state index is 13.6. The molecule has 1 aromatic rings. The van der Waals surface area contributed by atoms with Crippen molar-refractivity contribution in [2.24, 2.45) is 11.8 Å². The summed E-state index contributed by atoms with van der Waals surface area (Å²) in [6.07, 6.45) is 0.553. The van der Waals surface area contributed by atoms with Crippen molar-refractivity contribution in [1.82, 2.24) is 4.90 Å². The summed E-state index contributed by atoms with van der Waals surface area (Å²) in [6, 6.07) is 1.97. The molecular weight excluding hydrogens is 470 g/mol. The highest BCUT2D eigenvalue weighted by molar-refractivity contribution is 6.25. The first-order valence-electron chi connectivity index (χ1n) is 11.6. The Hall–Kier alpha value is -3.50. The van der Waals surface area contributed by atoms with Gasteiger partial charge in [0.15, 0.2) is 17.2 Å². The number of rotatable bonds is 5. The largest absolute Gasteiger partial charge is 0.510 e. The third-order valence-corrected chi connectivity index (χ3v) is 7.63. The van der Waals surface area contributed by atoms with Gasteiger partial charge in [-0.25, -0.2) is 0 Å². The molecule has 0 spiro atoms. The predicted octanol–water partition coefficient (Wildman–Crippen LogP) is 1.33. The molecule has 0 aromatic heterocycles. The number of carbonyl (C=O) groups excluding carboxylic acids is 4. The number of methoxy groups -OCH3 is 1. The van der Waals surface area contributed by atoms with Crippen LogP contribution in [0.3, 0.4) is 0 Å². The van der Waals surface area contributed by atoms with E-state index in [9.17, 15) is 39.6 Å². The molecule has 3 aliphatic carbocycles. The summed E-state index contributed by atoms with van der Waals surface area (Å²) in [4.78, 5) is 52.4. The minimum absolute atomic E-state index is 0.0387. The number of phenolic OH excluding ortho intramolecular Hbond substituents is 1. The number of ketones is 3. The van der Waals surface area contributed by atoms with Gasteiger partial charge in [-0.1, -0.05) is 6.07 Å². The van der Waals surface area contributed by atoms with Gasteiger partial charge in [0.05, 0.1) is 18.7 Å². The Morgan fingerprint density at radius 2 is 1.83 bits per heavy atom. The number of carbonyl (C=O) groups is 4. The minimum atomic E-state index is -2.60. The number of nitrogens with zero attached hydrogens (tertiary/aromatic N) is 1. The van der Waals surface area contributed by atoms with E-state index in [1.165, 1.54) is 13.2 Å². The second-order valence-corrected chi connectivity index (χ2v) is 9.83. The number of hydrogen-bond acceptors (Lipinski definition) is 10. The number of aliphatic hydroxyl groups is 3. The molecule has 10 nitrogen and oxygen atoms in total. The number of aliphatic hydroxyl groups excluding tert-OH is 2. The van der Waals surface area contributed by atoms with Crippen LogP contribution in [0.25, 0.3) is 0 Å². The van der Waals surface area contributed by atoms with Crippen LogP contribution in [-0.4, -0.2) is 81.5 Å². The van der Waals surface area contributed by atoms with Gasteiger partial charge in [0, 0.05) is 17.9 Å². The highest BCUT2D eigenvalue weighted by Gasteiger charge is 2.63. The van der Waals surface area contributed by atoms with Crippen LogP contribution < -0.4 is 0 Å². The van der Waals surface area contributed by atoms with E-state index in [0.717, 1.165) is 6.92 Å². The SMILES string of the molecule is COC(=O)CCc1ccc(O)c2c1C[C@H]1C[C@H]3C(N(C)C)C(O)=C(C(C)=O)C(=O)[C@@]3(O)C(O)=C1C2=O. The normalized spacial score (nSPS) is 27.6. The Morgan fingerprint density at radius 3 is 2.42 bits per heavy atom. The zero-order valence-electron chi connectivity index (χ0n) is 20.5. The van der Waals surface area contributed by atoms with Crippen molar-refractivity contribution in [3.05, 3.63) is 51.5 Å². The van der Waals surface area contributed by atoms with Crippen LogP contribution in [0.1, 0.15) is 41.3 Å². The van der Waals surface area contributed by atoms with Gasteiger partial charge in [-0.05, 0) is 63.4 Å². The summed E-state index contributed by atoms with van der Waals surface area (Å²) in [5.74, 6) is -6.47. The first-order chi connectivity index (χ1) is 16.9. The van der Waals surface area contributed by atoms with Crippen LogP contribution in [0.5, 0.6) is 5.75 Å². The van der Waals surface area contributed by atoms with Crippen LogP contribution in [0.2, 0.25) is 0 Å². The molecule has 1 unspecified atom stereocenters. The van der Waals surface area contributed by atoms with Crippen molar-refractivity contribution in [3.63, 3.8) is 0 Å². The maximum Gasteiger partial charge on any atom is 0.305 e. The van der Waals surface area contributed by atoms with E-state index < -0.39 is 63.9 Å². The summed E-state index contributed by atoms with van der Waals surface area (Å²) < 4.78 is 4.70. The zero-order chi connectivity index (χ0) is 26.7. The highest BCUT2D eigenvalue weighted by Crippen LogP contribution is 2.52. The number of likely N-dealkylation sites (N-methyl/N-ethyl adjacent to an activating group) is 1. The Morgan fingerprint density at radius 1 is 1.17 bits per heavy atom. The lowest BCUT2D eigenvalue weighted by Gasteiger charge is -2.50. The molecule has 192 valence electrons. The fourth-order valence-corrected chi connectivity index (χ4v) is 5.99. The molecule has 0 fully saturated rings. The monoisotopic (exact) mass is 499 g/mol. The standard InChI is InChI=1S/C26H29NO9/c1-11(28)18-23(32)21(27(2)3)15-10-13-9-14-12(6-8-17(30)36-4)5-7-16(29)20(14)22(31)19(13)25(34)26(15,35)24(18)33/h5,7,13,15,21,29,32,34-35H,6,8-10H2,1-4H3/t13-,15-,21?,26+/m0/s1. The van der Waals surface area contributed by atoms with Crippen LogP contribution in [0, 0.1) is 11.8 Å². The van der Waals surface area contributed by atoms with Gasteiger partial charge in [0.2, 0.25) is 5.78 Å². The van der Waals surface area contributed by atoms with Crippen molar-refractivity contribution in [3.8, 4) is 5.75 Å². The number of aryl methyl sites for hydroxylation is 1. The molecule has 0 heterocycles. The van der Waals surface area contributed by atoms with Crippen molar-refractivity contribution in [1.29, 1.82) is 0 Å². The van der Waals surface area contributed by atoms with Gasteiger partial charge >= 0.3 is 5.97 Å². The third kappa shape index (κ3) is 3.55. The van der Waals surface area contributed by atoms with Crippen LogP contribution in [-0.2, 0) is 32.0 Å². The lowest BCUT2D eigenvalue weighted by atomic mass is 9.58. The fourth-order valence-electron chi connectivity index (χ4n) is 5.99. The van der Waals surface area contributed by atoms with Gasteiger partial charge in [0.25, 0.3) is 0 Å². The number of hydrogen-bond donors (Lipinski definition) is 4. The van der Waals surface area contributed by atoms with Gasteiger partial charge in [-0.2, -0.15) is 0 Å². The highest BCUT2D eigenvalue weighted by atomic mass is 16.5. The summed E-state index contributed by atoms with van der Waals surface area (Å²) >= 11 is 0. The maximum atomic E-state index is 13.6. The topological polar surface area (TPSA) is 162 Å². The number of ether oxygens (including phenoxy) is 1. The Bertz CT molecular complexity index is 1260. The summed E-state index contributed by atoms with van der Waals surface area (Å²) in [5.41, 5.74) is -2.30. The Balaban J connectivity index is 1.89. The molecule has 0 radical (unpaired) electrons. The molecule has 0 bridgehead atoms. The number of esters is 1. The summed E-state index contributed by atoms with van der Waals surface area (Å²) in [6.45, 7) is 1.07. The van der Waals surface area contributed by atoms with Gasteiger partial charge in [0.1, 0.15) is 22.8 Å². The van der Waals surface area contributed by atoms with Gasteiger partial charge in [-0.3, -0.25) is 24.1 Å². The van der Waals surface area contributed by atoms with E-state index in [2.05, 4.69) is 0 Å². The van der Waals surface area contributed by atoms with Crippen molar-refractivity contribution >= 4 is 23.3 Å². The average molecular weight is 500 g/mol. The van der Waals surface area contributed by atoms with E-state index in [1.807, 2.05) is 0 Å². The lowest BCUT2D eigenvalue weighted by molar-refractivity contribution is -0.148. The molecule has 0 saturated heterocycles. The Labute approximate surface area is 207 Å². The van der Waals surface area contributed by atoms with E-state index in [0.29, 0.717) is 11.1 Å². The second kappa shape index (κ2) is 8.86. The lowest BCUT2D eigenvalue weighted by Crippen LogP contribution is -2.63. The third-order valence-electron chi connectivity index (χ3n) is 7.63. The number of Topliss-reactive ketones (excluding diaryl/α,β-unsaturated/α-hetero) is 3. The van der Waals surface area contributed by atoms with Crippen LogP contribution in [0.15, 0.2) is 34.8 Å². The quantitative estimate of drug-likeness (QED) is 0.343. The molecule has 1 aromatic carbocycles. The molecule has 4 rings (SSSR count). The summed E-state index contributed by atoms with van der Waals surface area (Å²) in [7, 11) is 4.49. The summed E-state index contributed by atoms with van der Waals surface area (Å²) in [5, 5.41) is 44.3. The molecular formula is C26H29NO9. The first kappa shape index (κ1) is 25.6. The van der Waals surface area contributed by atoms with Crippen molar-refractivity contribution in [2.45, 2.75) is 44.2 Å². The number of aromatic hydroxyl groups is 1. The smallest absolute Gasteiger partial charge is 0.305 e. The van der Waals surface area contributed by atoms with Gasteiger partial charge in [-0.15, -0.1) is 0 Å². The molecule has 4 N–H and O–H groups in total. The molecule has 3 aliphatic rings. The number of fused-ring (bicyclic) bond motifs is 3. The fraction of sp³-hybridized carbons (Fsp3) is 0.462. The number of phenols is 1. The minimum Gasteiger partial charge on any atom is -0.510 e. The molecule has 0 amide bonds. The van der Waals surface area contributed by atoms with E-state index >= 15 is 0 Å². The van der Waals surface area contributed by atoms with E-state index in [4.69, 9.17) is 4.74 Å². The molecule has 0 saturated carbocycles. The molecule has 0 aliphatic heterocycles. The first-order valence-corrected chi connectivity index (χ1v) is 11.6. The zero-order valence-corrected chi connectivity index (χ0v) is 20.5. The number of benzene rings is 1.